The zero-order valence-electron chi connectivity index (χ0n) is 29.1. The van der Waals surface area contributed by atoms with Crippen molar-refractivity contribution in [1.29, 1.82) is 0 Å². The fraction of sp³-hybridized carbons (Fsp3) is 0.250. The van der Waals surface area contributed by atoms with Gasteiger partial charge < -0.3 is 0 Å². The maximum atomic E-state index is 4.93. The predicted octanol–water partition coefficient (Wildman–Crippen LogP) is 11.9. The van der Waals surface area contributed by atoms with Crippen LogP contribution in [-0.2, 0) is 38.1 Å². The number of rotatable bonds is 4. The van der Waals surface area contributed by atoms with E-state index in [-0.39, 0.29) is 10.8 Å². The monoisotopic (exact) mass is 760 g/mol. The molecule has 4 heteroatoms. The summed E-state index contributed by atoms with van der Waals surface area (Å²) in [6.45, 7) is 16.2. The molecule has 1 heterocycles. The molecular formula is C44H44Cl2SiZr. The smallest absolute Gasteiger partial charge is 0.0920 e. The van der Waals surface area contributed by atoms with Gasteiger partial charge in [-0.3, -0.25) is 0 Å². The van der Waals surface area contributed by atoms with Crippen LogP contribution in [0, 0.1) is 6.07 Å². The van der Waals surface area contributed by atoms with Gasteiger partial charge in [-0.25, -0.2) is 0 Å². The number of benzene rings is 5. The third-order valence-corrected chi connectivity index (χ3v) is 10.2. The number of fused-ring (bicyclic) bond motifs is 4. The van der Waals surface area contributed by atoms with Crippen molar-refractivity contribution in [3.63, 3.8) is 0 Å². The van der Waals surface area contributed by atoms with Gasteiger partial charge in [0.2, 0.25) is 0 Å². The largest absolute Gasteiger partial charge is 0.184 e. The van der Waals surface area contributed by atoms with E-state index in [0.29, 0.717) is 0 Å². The minimum atomic E-state index is -0.826. The Morgan fingerprint density at radius 2 is 1.31 bits per heavy atom. The number of aryl methyl sites for hydroxylation is 1. The molecule has 48 heavy (non-hydrogen) atoms. The van der Waals surface area contributed by atoms with Gasteiger partial charge in [-0.15, -0.1) is 34.0 Å². The Bertz CT molecular complexity index is 1900. The summed E-state index contributed by atoms with van der Waals surface area (Å²) in [6, 6.07) is 45.7. The molecule has 1 aliphatic rings. The Morgan fingerprint density at radius 3 is 1.96 bits per heavy atom. The Morgan fingerprint density at radius 1 is 0.688 bits per heavy atom. The molecule has 0 unspecified atom stereocenters. The van der Waals surface area contributed by atoms with Crippen molar-refractivity contribution >= 4 is 47.7 Å². The summed E-state index contributed by atoms with van der Waals surface area (Å²) in [5, 5.41) is 5.55. The first-order valence-corrected chi connectivity index (χ1v) is 24.0. The molecule has 7 rings (SSSR count). The van der Waals surface area contributed by atoms with Gasteiger partial charge in [0.15, 0.2) is 0 Å². The summed E-state index contributed by atoms with van der Waals surface area (Å²) < 4.78 is 0. The molecule has 0 aliphatic carbocycles. The normalized spacial score (nSPS) is 11.9. The second kappa shape index (κ2) is 15.9. The van der Waals surface area contributed by atoms with E-state index in [1.165, 1.54) is 77.6 Å². The predicted molar refractivity (Wildman–Crippen MR) is 209 cm³/mol. The van der Waals surface area contributed by atoms with Gasteiger partial charge >= 0.3 is 37.9 Å². The Kier molecular flexibility index (Phi) is 12.2. The van der Waals surface area contributed by atoms with Crippen molar-refractivity contribution in [2.45, 2.75) is 72.1 Å². The summed E-state index contributed by atoms with van der Waals surface area (Å²) in [4.78, 5) is 0. The summed E-state index contributed by atoms with van der Waals surface area (Å²) in [5.41, 5.74) is 12.5. The molecule has 0 spiro atoms. The van der Waals surface area contributed by atoms with Crippen LogP contribution in [-0.4, -0.2) is 9.52 Å². The number of halogens is 2. The number of hydrogen-bond donors (Lipinski definition) is 0. The quantitative estimate of drug-likeness (QED) is 0.124. The molecule has 6 aromatic carbocycles. The van der Waals surface area contributed by atoms with Gasteiger partial charge in [0, 0.05) is 0 Å². The van der Waals surface area contributed by atoms with Crippen LogP contribution >= 0.6 is 17.0 Å². The van der Waals surface area contributed by atoms with E-state index < -0.39 is 20.8 Å². The molecule has 0 saturated carbocycles. The first kappa shape index (κ1) is 36.7. The van der Waals surface area contributed by atoms with Gasteiger partial charge in [-0.1, -0.05) is 150 Å². The zero-order valence-corrected chi connectivity index (χ0v) is 34.1. The molecule has 0 saturated heterocycles. The third kappa shape index (κ3) is 8.57. The van der Waals surface area contributed by atoms with Crippen LogP contribution in [0.5, 0.6) is 0 Å². The van der Waals surface area contributed by atoms with Crippen molar-refractivity contribution < 1.29 is 20.8 Å². The van der Waals surface area contributed by atoms with Crippen molar-refractivity contribution in [2.24, 2.45) is 0 Å². The third-order valence-electron chi connectivity index (χ3n) is 8.86. The van der Waals surface area contributed by atoms with Crippen LogP contribution in [0.3, 0.4) is 0 Å². The van der Waals surface area contributed by atoms with E-state index in [1.807, 2.05) is 6.07 Å². The fourth-order valence-electron chi connectivity index (χ4n) is 6.31. The molecule has 0 N–H and O–H groups in total. The van der Waals surface area contributed by atoms with Gasteiger partial charge in [0.05, 0.1) is 9.52 Å². The molecule has 0 fully saturated rings. The average molecular weight is 763 g/mol. The first-order valence-electron chi connectivity index (χ1n) is 16.7. The van der Waals surface area contributed by atoms with Crippen LogP contribution in [0.25, 0.3) is 44.2 Å². The molecule has 0 bridgehead atoms. The van der Waals surface area contributed by atoms with Crippen LogP contribution < -0.4 is 10.4 Å². The van der Waals surface area contributed by atoms with Gasteiger partial charge in [-0.2, -0.15) is 35.5 Å². The van der Waals surface area contributed by atoms with Gasteiger partial charge in [0.25, 0.3) is 0 Å². The van der Waals surface area contributed by atoms with Gasteiger partial charge in [0.1, 0.15) is 0 Å². The molecule has 6 aromatic rings. The van der Waals surface area contributed by atoms with Crippen LogP contribution in [0.4, 0.5) is 0 Å². The maximum absolute atomic E-state index is 4.93. The van der Waals surface area contributed by atoms with Crippen LogP contribution in [0.2, 0.25) is 0 Å². The fourth-order valence-corrected chi connectivity index (χ4v) is 7.62. The molecule has 0 atom stereocenters. The second-order valence-electron chi connectivity index (χ2n) is 14.5. The molecule has 0 nitrogen and oxygen atoms in total. The van der Waals surface area contributed by atoms with E-state index in [4.69, 9.17) is 17.0 Å². The van der Waals surface area contributed by atoms with Crippen molar-refractivity contribution in [3.05, 3.63) is 138 Å². The molecule has 242 valence electrons. The van der Waals surface area contributed by atoms with E-state index in [0.717, 1.165) is 15.9 Å². The zero-order chi connectivity index (χ0) is 34.5. The minimum absolute atomic E-state index is 0.0935. The maximum Gasteiger partial charge on any atom is 0.0920 e. The molecule has 2 radical (unpaired) electrons. The summed E-state index contributed by atoms with van der Waals surface area (Å²) in [7, 11) is 10.7. The molecule has 0 aromatic heterocycles. The Hall–Kier alpha value is -2.61. The molecular weight excluding hydrogens is 719 g/mol. The summed E-state index contributed by atoms with van der Waals surface area (Å²) in [5.74, 6) is 0. The van der Waals surface area contributed by atoms with E-state index >= 15 is 0 Å². The molecule has 0 amide bonds. The minimum Gasteiger partial charge on any atom is -0.184 e. The second-order valence-corrected chi connectivity index (χ2v) is 19.5. The SMILES string of the molecule is CCCc1cc2c(-c3cc(C(C)(C)C)cc(C(C)(C)C)c3)c(-c3ccccc3)ccc2[cH-]1.[Cl][Zr+2][Cl].[c-]1cccc2c1[Si]c1ccccc1-2. The van der Waals surface area contributed by atoms with Crippen molar-refractivity contribution in [3.8, 4) is 33.4 Å². The topological polar surface area (TPSA) is 0 Å². The summed E-state index contributed by atoms with van der Waals surface area (Å²) >= 11 is -0.826. The van der Waals surface area contributed by atoms with Crippen LogP contribution in [0.15, 0.2) is 115 Å². The van der Waals surface area contributed by atoms with Crippen molar-refractivity contribution in [1.82, 2.24) is 0 Å². The number of hydrogen-bond acceptors (Lipinski definition) is 0. The van der Waals surface area contributed by atoms with Gasteiger partial charge in [-0.05, 0) is 45.1 Å². The average Bonchev–Trinajstić information content (AvgIpc) is 3.65. The van der Waals surface area contributed by atoms with E-state index in [9.17, 15) is 0 Å². The van der Waals surface area contributed by atoms with E-state index in [1.54, 1.807) is 0 Å². The standard InChI is InChI=1S/C32H37.C12H7Si.2ClH.Zr/c1-8-12-22-17-24-15-16-28(23-13-10-9-11-14-23)30(29(24)18-22)25-19-26(31(2,3)4)21-27(20-25)32(5,6)7;1-3-7-11-9(5-1)10-6-2-4-8-12(10)13-11;;;/h9-11,13-21H,8,12H2,1-7H3;1-7H;2*1H;/q2*-1;;;+4/p-2. The van der Waals surface area contributed by atoms with Crippen molar-refractivity contribution in [2.75, 3.05) is 0 Å². The Labute approximate surface area is 309 Å². The van der Waals surface area contributed by atoms with Crippen LogP contribution in [0.1, 0.15) is 71.6 Å². The first-order chi connectivity index (χ1) is 22.9. The molecule has 1 aliphatic heterocycles. The van der Waals surface area contributed by atoms with E-state index in [2.05, 4.69) is 164 Å². The summed E-state index contributed by atoms with van der Waals surface area (Å²) in [6.07, 6.45) is 2.30. The Balaban J connectivity index is 0.000000231.